The molecule has 11 heteroatoms. The third kappa shape index (κ3) is 8.55. The molecule has 0 saturated carbocycles. The molecule has 4 rings (SSSR count). The van der Waals surface area contributed by atoms with Crippen molar-refractivity contribution in [1.29, 1.82) is 0 Å². The predicted molar refractivity (Wildman–Crippen MR) is 186 cm³/mol. The Morgan fingerprint density at radius 2 is 1.67 bits per heavy atom. The van der Waals surface area contributed by atoms with Gasteiger partial charge in [-0.3, -0.25) is 14.5 Å². The van der Waals surface area contributed by atoms with Crippen molar-refractivity contribution in [3.8, 4) is 17.2 Å². The fraction of sp³-hybridized carbons (Fsp3) is 0.459. The van der Waals surface area contributed by atoms with Crippen molar-refractivity contribution in [2.45, 2.75) is 79.2 Å². The predicted octanol–water partition coefficient (Wildman–Crippen LogP) is 8.04. The van der Waals surface area contributed by atoms with Crippen LogP contribution in [0.15, 0.2) is 48.0 Å². The van der Waals surface area contributed by atoms with Gasteiger partial charge in [-0.15, -0.1) is 0 Å². The van der Waals surface area contributed by atoms with Crippen LogP contribution < -0.4 is 19.1 Å². The first kappa shape index (κ1) is 36.5. The van der Waals surface area contributed by atoms with Crippen LogP contribution in [0.25, 0.3) is 5.76 Å². The summed E-state index contributed by atoms with van der Waals surface area (Å²) in [6.45, 7) is 11.0. The molecule has 1 saturated heterocycles. The SMILES string of the molecule is CCCCCCOc1ccc(C2/C(=C(\O)c3ccc(OCCCC)cc3)C(=O)C(=O)N2c2nc(C)c(C(=O)OCC(C)C)s2)cc1OC. The van der Waals surface area contributed by atoms with Crippen molar-refractivity contribution in [3.05, 3.63) is 69.7 Å². The van der Waals surface area contributed by atoms with Gasteiger partial charge in [0.2, 0.25) is 0 Å². The van der Waals surface area contributed by atoms with Crippen molar-refractivity contribution in [2.75, 3.05) is 31.8 Å². The molecule has 258 valence electrons. The molecule has 48 heavy (non-hydrogen) atoms. The first-order chi connectivity index (χ1) is 23.1. The highest BCUT2D eigenvalue weighted by Crippen LogP contribution is 2.45. The number of aryl methyl sites for hydroxylation is 1. The molecule has 0 radical (unpaired) electrons. The number of hydrogen-bond donors (Lipinski definition) is 1. The summed E-state index contributed by atoms with van der Waals surface area (Å²) < 4.78 is 22.9. The molecule has 1 atom stereocenters. The number of ketones is 1. The van der Waals surface area contributed by atoms with Gasteiger partial charge in [-0.05, 0) is 67.6 Å². The van der Waals surface area contributed by atoms with E-state index in [1.54, 1.807) is 49.4 Å². The molecule has 2 heterocycles. The maximum absolute atomic E-state index is 13.8. The molecule has 1 aliphatic heterocycles. The minimum absolute atomic E-state index is 0.119. The molecule has 1 fully saturated rings. The van der Waals surface area contributed by atoms with Gasteiger partial charge in [0.25, 0.3) is 5.78 Å². The Kier molecular flexibility index (Phi) is 13.0. The average Bonchev–Trinajstić information content (AvgIpc) is 3.59. The van der Waals surface area contributed by atoms with E-state index < -0.39 is 23.7 Å². The normalized spacial score (nSPS) is 15.6. The summed E-state index contributed by atoms with van der Waals surface area (Å²) in [6, 6.07) is 10.8. The fourth-order valence-corrected chi connectivity index (χ4v) is 6.20. The summed E-state index contributed by atoms with van der Waals surface area (Å²) >= 11 is 0.963. The van der Waals surface area contributed by atoms with E-state index in [1.807, 2.05) is 13.8 Å². The first-order valence-electron chi connectivity index (χ1n) is 16.6. The smallest absolute Gasteiger partial charge is 0.350 e. The van der Waals surface area contributed by atoms with Crippen LogP contribution >= 0.6 is 11.3 Å². The Morgan fingerprint density at radius 1 is 0.958 bits per heavy atom. The van der Waals surface area contributed by atoms with E-state index in [4.69, 9.17) is 18.9 Å². The second-order valence-corrected chi connectivity index (χ2v) is 13.1. The monoisotopic (exact) mass is 678 g/mol. The van der Waals surface area contributed by atoms with Crippen molar-refractivity contribution in [3.63, 3.8) is 0 Å². The summed E-state index contributed by atoms with van der Waals surface area (Å²) in [4.78, 5) is 46.5. The Bertz CT molecular complexity index is 1610. The number of ether oxygens (including phenoxy) is 4. The third-order valence-electron chi connectivity index (χ3n) is 7.82. The summed E-state index contributed by atoms with van der Waals surface area (Å²) in [5.41, 5.74) is 1.08. The van der Waals surface area contributed by atoms with E-state index in [0.717, 1.165) is 49.9 Å². The Balaban J connectivity index is 1.78. The topological polar surface area (TPSA) is 124 Å². The molecule has 1 N–H and O–H groups in total. The van der Waals surface area contributed by atoms with Gasteiger partial charge >= 0.3 is 11.9 Å². The second kappa shape index (κ2) is 17.1. The van der Waals surface area contributed by atoms with Gasteiger partial charge in [0.1, 0.15) is 16.4 Å². The number of esters is 1. The third-order valence-corrected chi connectivity index (χ3v) is 8.96. The molecule has 0 bridgehead atoms. The van der Waals surface area contributed by atoms with E-state index in [0.29, 0.717) is 47.3 Å². The number of carbonyl (C=O) groups is 3. The van der Waals surface area contributed by atoms with Crippen LogP contribution in [-0.2, 0) is 14.3 Å². The molecule has 1 aliphatic rings. The van der Waals surface area contributed by atoms with Gasteiger partial charge in [0.05, 0.1) is 44.2 Å². The molecule has 3 aromatic rings. The number of aliphatic hydroxyl groups excluding tert-OH is 1. The highest BCUT2D eigenvalue weighted by molar-refractivity contribution is 7.17. The van der Waals surface area contributed by atoms with E-state index in [2.05, 4.69) is 18.8 Å². The van der Waals surface area contributed by atoms with Gasteiger partial charge < -0.3 is 24.1 Å². The number of anilines is 1. The average molecular weight is 679 g/mol. The number of benzene rings is 2. The Hall–Kier alpha value is -4.38. The van der Waals surface area contributed by atoms with Gasteiger partial charge in [-0.1, -0.05) is 70.8 Å². The van der Waals surface area contributed by atoms with Gasteiger partial charge in [0.15, 0.2) is 16.6 Å². The number of hydrogen-bond acceptors (Lipinski definition) is 10. The molecule has 0 aliphatic carbocycles. The summed E-state index contributed by atoms with van der Waals surface area (Å²) in [7, 11) is 1.52. The summed E-state index contributed by atoms with van der Waals surface area (Å²) in [5.74, 6) is -0.969. The highest BCUT2D eigenvalue weighted by atomic mass is 32.1. The van der Waals surface area contributed by atoms with Crippen LogP contribution in [0, 0.1) is 12.8 Å². The quantitative estimate of drug-likeness (QED) is 0.0497. The zero-order chi connectivity index (χ0) is 34.8. The number of Topliss-reactive ketones (excluding diaryl/α,β-unsaturated/α-hetero) is 1. The van der Waals surface area contributed by atoms with Crippen molar-refractivity contribution in [1.82, 2.24) is 4.98 Å². The van der Waals surface area contributed by atoms with Gasteiger partial charge in [0, 0.05) is 5.56 Å². The number of thiazole rings is 1. The number of amides is 1. The van der Waals surface area contributed by atoms with Crippen LogP contribution in [-0.4, -0.2) is 54.7 Å². The largest absolute Gasteiger partial charge is 0.507 e. The number of nitrogens with zero attached hydrogens (tertiary/aromatic N) is 2. The molecule has 1 unspecified atom stereocenters. The molecular weight excluding hydrogens is 632 g/mol. The molecule has 2 aromatic carbocycles. The van der Waals surface area contributed by atoms with Crippen LogP contribution in [0.5, 0.6) is 17.2 Å². The van der Waals surface area contributed by atoms with E-state index >= 15 is 0 Å². The number of methoxy groups -OCH3 is 1. The number of aliphatic hydroxyl groups is 1. The molecule has 0 spiro atoms. The Morgan fingerprint density at radius 3 is 2.33 bits per heavy atom. The minimum atomic E-state index is -1.08. The lowest BCUT2D eigenvalue weighted by molar-refractivity contribution is -0.132. The number of unbranched alkanes of at least 4 members (excludes halogenated alkanes) is 4. The lowest BCUT2D eigenvalue weighted by Crippen LogP contribution is -2.29. The zero-order valence-electron chi connectivity index (χ0n) is 28.7. The fourth-order valence-electron chi connectivity index (χ4n) is 5.21. The summed E-state index contributed by atoms with van der Waals surface area (Å²) in [5, 5.41) is 11.8. The molecular formula is C37H46N2O8S. The molecule has 10 nitrogen and oxygen atoms in total. The minimum Gasteiger partial charge on any atom is -0.507 e. The highest BCUT2D eigenvalue weighted by Gasteiger charge is 2.48. The molecule has 1 aromatic heterocycles. The first-order valence-corrected chi connectivity index (χ1v) is 17.4. The maximum Gasteiger partial charge on any atom is 0.350 e. The van der Waals surface area contributed by atoms with E-state index in [1.165, 1.54) is 12.0 Å². The number of carbonyl (C=O) groups excluding carboxylic acids is 3. The molecule has 1 amide bonds. The van der Waals surface area contributed by atoms with Gasteiger partial charge in [-0.25, -0.2) is 9.78 Å². The van der Waals surface area contributed by atoms with Crippen molar-refractivity contribution >= 4 is 39.9 Å². The van der Waals surface area contributed by atoms with Crippen molar-refractivity contribution in [2.24, 2.45) is 5.92 Å². The lowest BCUT2D eigenvalue weighted by atomic mass is 9.95. The van der Waals surface area contributed by atoms with Crippen LogP contribution in [0.1, 0.15) is 98.8 Å². The maximum atomic E-state index is 13.8. The summed E-state index contributed by atoms with van der Waals surface area (Å²) in [6.07, 6.45) is 6.09. The van der Waals surface area contributed by atoms with E-state index in [-0.39, 0.29) is 33.9 Å². The second-order valence-electron chi connectivity index (χ2n) is 12.1. The zero-order valence-corrected chi connectivity index (χ0v) is 29.5. The van der Waals surface area contributed by atoms with E-state index in [9.17, 15) is 19.5 Å². The number of rotatable bonds is 17. The Labute approximate surface area is 286 Å². The number of aromatic nitrogens is 1. The standard InChI is InChI=1S/C37H46N2O8S/c1-7-9-11-12-20-46-28-18-15-26(21-29(28)44-6)31-30(32(40)25-13-16-27(17-14-25)45-19-10-8-2)33(41)35(42)39(31)37-38-24(5)34(48-37)36(43)47-22-23(3)4/h13-18,21,23,31,40H,7-12,19-20,22H2,1-6H3/b32-30+. The van der Waals surface area contributed by atoms with Crippen LogP contribution in [0.2, 0.25) is 0 Å². The van der Waals surface area contributed by atoms with Crippen LogP contribution in [0.4, 0.5) is 5.13 Å². The lowest BCUT2D eigenvalue weighted by Gasteiger charge is -2.24. The van der Waals surface area contributed by atoms with Crippen LogP contribution in [0.3, 0.4) is 0 Å². The van der Waals surface area contributed by atoms with Gasteiger partial charge in [-0.2, -0.15) is 0 Å². The van der Waals surface area contributed by atoms with Crippen molar-refractivity contribution < 1.29 is 38.4 Å².